The smallest absolute Gasteiger partial charge is 0.339 e. The average Bonchev–Trinajstić information content (AvgIpc) is 3.41. The molecule has 0 bridgehead atoms. The number of rotatable bonds is 6. The number of pyridine rings is 1. The molecule has 1 aliphatic heterocycles. The first-order chi connectivity index (χ1) is 15.0. The lowest BCUT2D eigenvalue weighted by molar-refractivity contribution is -0.129. The van der Waals surface area contributed by atoms with Gasteiger partial charge in [-0.1, -0.05) is 11.2 Å². The number of hydrogen-bond acceptors (Lipinski definition) is 8. The van der Waals surface area contributed by atoms with E-state index in [0.29, 0.717) is 39.8 Å². The maximum absolute atomic E-state index is 12.9. The van der Waals surface area contributed by atoms with Crippen LogP contribution in [0.5, 0.6) is 11.5 Å². The van der Waals surface area contributed by atoms with Crippen LogP contribution >= 0.6 is 0 Å². The van der Waals surface area contributed by atoms with E-state index in [1.54, 1.807) is 25.1 Å². The summed E-state index contributed by atoms with van der Waals surface area (Å²) in [6.45, 7) is 3.73. The van der Waals surface area contributed by atoms with Gasteiger partial charge in [-0.3, -0.25) is 4.79 Å². The van der Waals surface area contributed by atoms with Crippen LogP contribution in [-0.4, -0.2) is 34.9 Å². The molecular weight excluding hydrogens is 402 g/mol. The van der Waals surface area contributed by atoms with Crippen LogP contribution < -0.4 is 14.8 Å². The maximum atomic E-state index is 12.9. The van der Waals surface area contributed by atoms with Gasteiger partial charge in [0.1, 0.15) is 0 Å². The van der Waals surface area contributed by atoms with E-state index in [0.717, 1.165) is 24.1 Å². The molecule has 1 saturated carbocycles. The molecule has 1 N–H and O–H groups in total. The monoisotopic (exact) mass is 423 g/mol. The van der Waals surface area contributed by atoms with Crippen LogP contribution in [0.3, 0.4) is 0 Å². The quantitative estimate of drug-likeness (QED) is 0.602. The van der Waals surface area contributed by atoms with Crippen LogP contribution in [0.15, 0.2) is 28.8 Å². The molecule has 3 aromatic rings. The summed E-state index contributed by atoms with van der Waals surface area (Å²) in [5.41, 5.74) is 2.82. The summed E-state index contributed by atoms with van der Waals surface area (Å²) in [6, 6.07) is 7.16. The van der Waals surface area contributed by atoms with Gasteiger partial charge in [0, 0.05) is 18.2 Å². The molecule has 5 rings (SSSR count). The number of esters is 1. The summed E-state index contributed by atoms with van der Waals surface area (Å²) in [5, 5.41) is 7.21. The third kappa shape index (κ3) is 3.78. The summed E-state index contributed by atoms with van der Waals surface area (Å²) >= 11 is 0. The predicted octanol–water partition coefficient (Wildman–Crippen LogP) is 3.00. The molecule has 1 aromatic carbocycles. The number of nitrogens with zero attached hydrogens (tertiary/aromatic N) is 2. The molecule has 0 radical (unpaired) electrons. The lowest BCUT2D eigenvalue weighted by Crippen LogP contribution is -2.35. The normalized spacial score (nSPS) is 15.7. The van der Waals surface area contributed by atoms with E-state index >= 15 is 0 Å². The largest absolute Gasteiger partial charge is 0.454 e. The minimum Gasteiger partial charge on any atom is -0.454 e. The van der Waals surface area contributed by atoms with E-state index in [2.05, 4.69) is 15.5 Å². The second kappa shape index (κ2) is 7.57. The topological polar surface area (TPSA) is 113 Å². The van der Waals surface area contributed by atoms with Gasteiger partial charge in [0.25, 0.3) is 11.6 Å². The molecule has 1 aliphatic carbocycles. The Balaban J connectivity index is 1.27. The minimum atomic E-state index is -0.978. The molecule has 2 aliphatic rings. The number of hydrogen-bond donors (Lipinski definition) is 1. The van der Waals surface area contributed by atoms with Gasteiger partial charge in [0.05, 0.1) is 16.6 Å². The van der Waals surface area contributed by atoms with Crippen molar-refractivity contribution in [3.8, 4) is 11.5 Å². The second-order valence-electron chi connectivity index (χ2n) is 7.77. The standard InChI is InChI=1S/C22H21N3O6/c1-11-19-15(8-16(14-4-5-14)24-21(19)31-25-11)22(27)30-12(2)20(26)23-9-13-3-6-17-18(7-13)29-10-28-17/h3,6-8,12,14H,4-5,9-10H2,1-2H3,(H,23,26)/t12-/m0/s1. The molecule has 9 nitrogen and oxygen atoms in total. The number of amides is 1. The Morgan fingerprint density at radius 1 is 1.23 bits per heavy atom. The summed E-state index contributed by atoms with van der Waals surface area (Å²) in [5.74, 6) is 0.634. The fourth-order valence-corrected chi connectivity index (χ4v) is 3.52. The van der Waals surface area contributed by atoms with Gasteiger partial charge in [-0.25, -0.2) is 9.78 Å². The van der Waals surface area contributed by atoms with Crippen molar-refractivity contribution < 1.29 is 28.3 Å². The molecule has 160 valence electrons. The molecule has 31 heavy (non-hydrogen) atoms. The fourth-order valence-electron chi connectivity index (χ4n) is 3.52. The van der Waals surface area contributed by atoms with Gasteiger partial charge in [-0.15, -0.1) is 0 Å². The molecule has 0 spiro atoms. The van der Waals surface area contributed by atoms with Crippen molar-refractivity contribution in [2.45, 2.75) is 45.3 Å². The molecule has 2 aromatic heterocycles. The zero-order valence-electron chi connectivity index (χ0n) is 17.1. The van der Waals surface area contributed by atoms with Crippen molar-refractivity contribution >= 4 is 23.0 Å². The Labute approximate surface area is 177 Å². The first-order valence-electron chi connectivity index (χ1n) is 10.1. The van der Waals surface area contributed by atoms with Crippen molar-refractivity contribution in [1.29, 1.82) is 0 Å². The first-order valence-corrected chi connectivity index (χ1v) is 10.1. The zero-order chi connectivity index (χ0) is 21.5. The number of nitrogens with one attached hydrogen (secondary N) is 1. The molecule has 3 heterocycles. The maximum Gasteiger partial charge on any atom is 0.339 e. The Kier molecular flexibility index (Phi) is 4.72. The van der Waals surface area contributed by atoms with Crippen molar-refractivity contribution in [2.75, 3.05) is 6.79 Å². The predicted molar refractivity (Wildman–Crippen MR) is 108 cm³/mol. The molecule has 0 saturated heterocycles. The van der Waals surface area contributed by atoms with Gasteiger partial charge < -0.3 is 24.1 Å². The van der Waals surface area contributed by atoms with Crippen LogP contribution in [0.4, 0.5) is 0 Å². The fraction of sp³-hybridized carbons (Fsp3) is 0.364. The lowest BCUT2D eigenvalue weighted by Gasteiger charge is -2.14. The zero-order valence-corrected chi connectivity index (χ0v) is 17.1. The SMILES string of the molecule is Cc1noc2nc(C3CC3)cc(C(=O)O[C@@H](C)C(=O)NCc3ccc4c(c3)OCO4)c12. The highest BCUT2D eigenvalue weighted by Crippen LogP contribution is 2.40. The Morgan fingerprint density at radius 3 is 2.84 bits per heavy atom. The van der Waals surface area contributed by atoms with Crippen molar-refractivity contribution in [3.63, 3.8) is 0 Å². The van der Waals surface area contributed by atoms with Crippen molar-refractivity contribution in [1.82, 2.24) is 15.5 Å². The van der Waals surface area contributed by atoms with E-state index in [1.165, 1.54) is 6.92 Å². The van der Waals surface area contributed by atoms with E-state index in [9.17, 15) is 9.59 Å². The van der Waals surface area contributed by atoms with Crippen molar-refractivity contribution in [2.24, 2.45) is 0 Å². The number of fused-ring (bicyclic) bond motifs is 2. The highest BCUT2D eigenvalue weighted by atomic mass is 16.7. The van der Waals surface area contributed by atoms with Gasteiger partial charge >= 0.3 is 5.97 Å². The van der Waals surface area contributed by atoms with Crippen molar-refractivity contribution in [3.05, 3.63) is 46.8 Å². The third-order valence-corrected chi connectivity index (χ3v) is 5.41. The Morgan fingerprint density at radius 2 is 2.03 bits per heavy atom. The highest BCUT2D eigenvalue weighted by molar-refractivity contribution is 6.04. The highest BCUT2D eigenvalue weighted by Gasteiger charge is 2.30. The molecule has 9 heteroatoms. The van der Waals surface area contributed by atoms with Gasteiger partial charge in [-0.05, 0) is 50.5 Å². The Hall–Kier alpha value is -3.62. The van der Waals surface area contributed by atoms with Gasteiger partial charge in [0.2, 0.25) is 6.79 Å². The first kappa shape index (κ1) is 19.3. The van der Waals surface area contributed by atoms with E-state index < -0.39 is 18.0 Å². The summed E-state index contributed by atoms with van der Waals surface area (Å²) in [4.78, 5) is 29.9. The Bertz CT molecular complexity index is 1180. The van der Waals surface area contributed by atoms with E-state index in [-0.39, 0.29) is 13.3 Å². The van der Waals surface area contributed by atoms with Crippen LogP contribution in [0.2, 0.25) is 0 Å². The van der Waals surface area contributed by atoms with Gasteiger partial charge in [0.15, 0.2) is 17.6 Å². The third-order valence-electron chi connectivity index (χ3n) is 5.41. The summed E-state index contributed by atoms with van der Waals surface area (Å²) in [7, 11) is 0. The van der Waals surface area contributed by atoms with Gasteiger partial charge in [-0.2, -0.15) is 0 Å². The molecule has 0 unspecified atom stereocenters. The number of carbonyl (C=O) groups excluding carboxylic acids is 2. The molecular formula is C22H21N3O6. The summed E-state index contributed by atoms with van der Waals surface area (Å²) < 4.78 is 21.3. The number of aromatic nitrogens is 2. The van der Waals surface area contributed by atoms with E-state index in [1.807, 2.05) is 6.07 Å². The average molecular weight is 423 g/mol. The second-order valence-corrected chi connectivity index (χ2v) is 7.77. The van der Waals surface area contributed by atoms with Crippen LogP contribution in [0.1, 0.15) is 53.0 Å². The molecule has 1 amide bonds. The lowest BCUT2D eigenvalue weighted by atomic mass is 10.1. The number of carbonyl (C=O) groups is 2. The van der Waals surface area contributed by atoms with Crippen LogP contribution in [-0.2, 0) is 16.1 Å². The minimum absolute atomic E-state index is 0.189. The summed E-state index contributed by atoms with van der Waals surface area (Å²) in [6.07, 6.45) is 1.08. The number of aryl methyl sites for hydroxylation is 1. The van der Waals surface area contributed by atoms with Crippen LogP contribution in [0.25, 0.3) is 11.1 Å². The van der Waals surface area contributed by atoms with E-state index in [4.69, 9.17) is 18.7 Å². The molecule has 1 fully saturated rings. The van der Waals surface area contributed by atoms with Crippen LogP contribution in [0, 0.1) is 6.92 Å². The number of ether oxygens (including phenoxy) is 3. The number of benzene rings is 1. The molecule has 1 atom stereocenters.